The number of fused-ring (bicyclic) bond motifs is 1. The van der Waals surface area contributed by atoms with Crippen LogP contribution in [0.4, 0.5) is 5.69 Å². The molecule has 0 unspecified atom stereocenters. The minimum atomic E-state index is -0.0366. The quantitative estimate of drug-likeness (QED) is 0.941. The van der Waals surface area contributed by atoms with E-state index in [1.807, 2.05) is 30.3 Å². The third kappa shape index (κ3) is 3.40. The van der Waals surface area contributed by atoms with Crippen molar-refractivity contribution in [3.63, 3.8) is 0 Å². The predicted octanol–water partition coefficient (Wildman–Crippen LogP) is 2.85. The van der Waals surface area contributed by atoms with E-state index in [1.54, 1.807) is 31.2 Å². The van der Waals surface area contributed by atoms with Crippen LogP contribution in [0.5, 0.6) is 5.75 Å². The SMILES string of the molecule is COc1ccc(CN(C)C(=O)c2ccc3c(c2)CCC(=O)N3)cc1. The van der Waals surface area contributed by atoms with Gasteiger partial charge in [-0.1, -0.05) is 12.1 Å². The summed E-state index contributed by atoms with van der Waals surface area (Å²) in [5.41, 5.74) is 3.50. The van der Waals surface area contributed by atoms with E-state index in [1.165, 1.54) is 0 Å². The lowest BCUT2D eigenvalue weighted by Crippen LogP contribution is -2.27. The maximum atomic E-state index is 12.6. The molecule has 2 aromatic carbocycles. The topological polar surface area (TPSA) is 58.6 Å². The first-order chi connectivity index (χ1) is 11.6. The van der Waals surface area contributed by atoms with E-state index in [4.69, 9.17) is 4.74 Å². The van der Waals surface area contributed by atoms with Crippen LogP contribution in [0, 0.1) is 0 Å². The van der Waals surface area contributed by atoms with Gasteiger partial charge in [0.2, 0.25) is 5.91 Å². The lowest BCUT2D eigenvalue weighted by molar-refractivity contribution is -0.116. The Morgan fingerprint density at radius 1 is 1.17 bits per heavy atom. The number of carbonyl (C=O) groups is 2. The van der Waals surface area contributed by atoms with E-state index in [0.717, 1.165) is 22.6 Å². The molecule has 3 rings (SSSR count). The van der Waals surface area contributed by atoms with Crippen molar-refractivity contribution >= 4 is 17.5 Å². The van der Waals surface area contributed by atoms with Crippen LogP contribution in [0.2, 0.25) is 0 Å². The molecule has 1 heterocycles. The van der Waals surface area contributed by atoms with Gasteiger partial charge in [0.25, 0.3) is 5.91 Å². The fourth-order valence-corrected chi connectivity index (χ4v) is 2.81. The van der Waals surface area contributed by atoms with E-state index in [9.17, 15) is 9.59 Å². The number of methoxy groups -OCH3 is 1. The third-order valence-electron chi connectivity index (χ3n) is 4.17. The Hall–Kier alpha value is -2.82. The van der Waals surface area contributed by atoms with Crippen LogP contribution in [-0.2, 0) is 17.8 Å². The Morgan fingerprint density at radius 3 is 2.62 bits per heavy atom. The van der Waals surface area contributed by atoms with Crippen LogP contribution in [0.3, 0.4) is 0 Å². The normalized spacial score (nSPS) is 13.0. The van der Waals surface area contributed by atoms with Crippen molar-refractivity contribution < 1.29 is 14.3 Å². The number of anilines is 1. The first-order valence-electron chi connectivity index (χ1n) is 7.88. The van der Waals surface area contributed by atoms with Crippen molar-refractivity contribution in [1.29, 1.82) is 0 Å². The Balaban J connectivity index is 1.72. The zero-order chi connectivity index (χ0) is 17.1. The van der Waals surface area contributed by atoms with Gasteiger partial charge >= 0.3 is 0 Å². The highest BCUT2D eigenvalue weighted by atomic mass is 16.5. The summed E-state index contributed by atoms with van der Waals surface area (Å²) in [6.07, 6.45) is 1.14. The van der Waals surface area contributed by atoms with E-state index >= 15 is 0 Å². The van der Waals surface area contributed by atoms with Crippen molar-refractivity contribution in [1.82, 2.24) is 4.90 Å². The summed E-state index contributed by atoms with van der Waals surface area (Å²) in [6, 6.07) is 13.1. The van der Waals surface area contributed by atoms with Crippen LogP contribution in [0.25, 0.3) is 0 Å². The van der Waals surface area contributed by atoms with Crippen LogP contribution in [-0.4, -0.2) is 30.9 Å². The van der Waals surface area contributed by atoms with Gasteiger partial charge in [0.1, 0.15) is 5.75 Å². The van der Waals surface area contributed by atoms with Crippen molar-refractivity contribution in [2.24, 2.45) is 0 Å². The molecule has 1 aliphatic heterocycles. The highest BCUT2D eigenvalue weighted by Crippen LogP contribution is 2.24. The summed E-state index contributed by atoms with van der Waals surface area (Å²) in [6.45, 7) is 0.524. The fraction of sp³-hybridized carbons (Fsp3) is 0.263. The van der Waals surface area contributed by atoms with Gasteiger partial charge in [-0.05, 0) is 47.9 Å². The largest absolute Gasteiger partial charge is 0.497 e. The number of hydrogen-bond donors (Lipinski definition) is 1. The average Bonchev–Trinajstić information content (AvgIpc) is 2.61. The fourth-order valence-electron chi connectivity index (χ4n) is 2.81. The number of carbonyl (C=O) groups excluding carboxylic acids is 2. The molecule has 0 aromatic heterocycles. The second kappa shape index (κ2) is 6.74. The standard InChI is InChI=1S/C19H20N2O3/c1-21(12-13-3-7-16(24-2)8-4-13)19(23)15-5-9-17-14(11-15)6-10-18(22)20-17/h3-5,7-9,11H,6,10,12H2,1-2H3,(H,20,22). The van der Waals surface area contributed by atoms with Crippen LogP contribution < -0.4 is 10.1 Å². The van der Waals surface area contributed by atoms with Crippen LogP contribution in [0.1, 0.15) is 27.9 Å². The molecular weight excluding hydrogens is 304 g/mol. The highest BCUT2D eigenvalue weighted by Gasteiger charge is 2.18. The third-order valence-corrected chi connectivity index (χ3v) is 4.17. The summed E-state index contributed by atoms with van der Waals surface area (Å²) in [4.78, 5) is 25.7. The van der Waals surface area contributed by atoms with Gasteiger partial charge in [-0.25, -0.2) is 0 Å². The van der Waals surface area contributed by atoms with E-state index in [0.29, 0.717) is 24.9 Å². The molecule has 0 spiro atoms. The predicted molar refractivity (Wildman–Crippen MR) is 92.2 cm³/mol. The molecule has 0 saturated heterocycles. The molecule has 0 fully saturated rings. The molecule has 0 radical (unpaired) electrons. The zero-order valence-electron chi connectivity index (χ0n) is 13.8. The number of nitrogens with zero attached hydrogens (tertiary/aromatic N) is 1. The Morgan fingerprint density at radius 2 is 1.92 bits per heavy atom. The van der Waals surface area contributed by atoms with Crippen molar-refractivity contribution in [3.05, 3.63) is 59.2 Å². The number of aryl methyl sites for hydroxylation is 1. The molecule has 0 saturated carbocycles. The number of rotatable bonds is 4. The first-order valence-corrected chi connectivity index (χ1v) is 7.88. The lowest BCUT2D eigenvalue weighted by Gasteiger charge is -2.20. The van der Waals surface area contributed by atoms with E-state index < -0.39 is 0 Å². The van der Waals surface area contributed by atoms with Gasteiger partial charge in [0, 0.05) is 31.3 Å². The minimum absolute atomic E-state index is 0.0261. The number of ether oxygens (including phenoxy) is 1. The molecule has 5 heteroatoms. The van der Waals surface area contributed by atoms with Crippen LogP contribution >= 0.6 is 0 Å². The molecule has 5 nitrogen and oxygen atoms in total. The van der Waals surface area contributed by atoms with Crippen molar-refractivity contribution in [2.45, 2.75) is 19.4 Å². The lowest BCUT2D eigenvalue weighted by atomic mass is 10.00. The van der Waals surface area contributed by atoms with Crippen LogP contribution in [0.15, 0.2) is 42.5 Å². The number of amides is 2. The maximum absolute atomic E-state index is 12.6. The Kier molecular flexibility index (Phi) is 4.51. The minimum Gasteiger partial charge on any atom is -0.497 e. The molecule has 2 amide bonds. The van der Waals surface area contributed by atoms with Gasteiger partial charge in [-0.2, -0.15) is 0 Å². The summed E-state index contributed by atoms with van der Waals surface area (Å²) >= 11 is 0. The summed E-state index contributed by atoms with van der Waals surface area (Å²) in [7, 11) is 3.41. The molecule has 0 bridgehead atoms. The average molecular weight is 324 g/mol. The van der Waals surface area contributed by atoms with Gasteiger partial charge in [0.15, 0.2) is 0 Å². The number of hydrogen-bond acceptors (Lipinski definition) is 3. The monoisotopic (exact) mass is 324 g/mol. The molecule has 1 N–H and O–H groups in total. The highest BCUT2D eigenvalue weighted by molar-refractivity contribution is 5.97. The Labute approximate surface area is 141 Å². The zero-order valence-corrected chi connectivity index (χ0v) is 13.8. The van der Waals surface area contributed by atoms with E-state index in [-0.39, 0.29) is 11.8 Å². The molecular formula is C19H20N2O3. The molecule has 2 aromatic rings. The number of nitrogens with one attached hydrogen (secondary N) is 1. The summed E-state index contributed by atoms with van der Waals surface area (Å²) in [5, 5.41) is 2.83. The molecule has 0 atom stereocenters. The smallest absolute Gasteiger partial charge is 0.253 e. The van der Waals surface area contributed by atoms with E-state index in [2.05, 4.69) is 5.32 Å². The van der Waals surface area contributed by atoms with Gasteiger partial charge in [-0.3, -0.25) is 9.59 Å². The second-order valence-electron chi connectivity index (χ2n) is 5.93. The second-order valence-corrected chi connectivity index (χ2v) is 5.93. The Bertz CT molecular complexity index is 769. The number of benzene rings is 2. The van der Waals surface area contributed by atoms with Crippen molar-refractivity contribution in [3.8, 4) is 5.75 Å². The maximum Gasteiger partial charge on any atom is 0.253 e. The molecule has 1 aliphatic rings. The summed E-state index contributed by atoms with van der Waals surface area (Å²) < 4.78 is 5.14. The van der Waals surface area contributed by atoms with Crippen molar-refractivity contribution in [2.75, 3.05) is 19.5 Å². The van der Waals surface area contributed by atoms with Gasteiger partial charge in [-0.15, -0.1) is 0 Å². The summed E-state index contributed by atoms with van der Waals surface area (Å²) in [5.74, 6) is 0.785. The molecule has 124 valence electrons. The first kappa shape index (κ1) is 16.1. The van der Waals surface area contributed by atoms with Gasteiger partial charge in [0.05, 0.1) is 7.11 Å². The molecule has 24 heavy (non-hydrogen) atoms. The molecule has 0 aliphatic carbocycles. The van der Waals surface area contributed by atoms with Gasteiger partial charge < -0.3 is 15.0 Å².